The van der Waals surface area contributed by atoms with Crippen LogP contribution in [0.1, 0.15) is 51.4 Å². The van der Waals surface area contributed by atoms with Crippen LogP contribution in [0.3, 0.4) is 0 Å². The van der Waals surface area contributed by atoms with E-state index in [1.165, 1.54) is 6.42 Å². The largest absolute Gasteiger partial charge is 0.498 e. The number of hydrogen-bond acceptors (Lipinski definition) is 3. The summed E-state index contributed by atoms with van der Waals surface area (Å²) in [6.45, 7) is 0.991. The molecule has 0 heterocycles. The second-order valence-electron chi connectivity index (χ2n) is 5.40. The molecular weight excluding hydrogens is 268 g/mol. The lowest BCUT2D eigenvalue weighted by molar-refractivity contribution is -0.132. The van der Waals surface area contributed by atoms with Crippen molar-refractivity contribution in [2.24, 2.45) is 0 Å². The maximum absolute atomic E-state index is 11.2. The Morgan fingerprint density at radius 3 is 2.24 bits per heavy atom. The van der Waals surface area contributed by atoms with Gasteiger partial charge in [-0.3, -0.25) is 0 Å². The fraction of sp³-hybridized carbons (Fsp3) is 0.588. The minimum absolute atomic E-state index is 0.414. The van der Waals surface area contributed by atoms with Crippen LogP contribution >= 0.6 is 0 Å². The van der Waals surface area contributed by atoms with Gasteiger partial charge >= 0.3 is 5.97 Å². The number of carboxylic acid groups (broad SMARTS) is 1. The van der Waals surface area contributed by atoms with Crippen LogP contribution in [0.5, 0.6) is 0 Å². The summed E-state index contributed by atoms with van der Waals surface area (Å²) >= 11 is 0. The highest BCUT2D eigenvalue weighted by Crippen LogP contribution is 2.20. The van der Waals surface area contributed by atoms with Crippen molar-refractivity contribution in [3.05, 3.63) is 35.3 Å². The second-order valence-corrected chi connectivity index (χ2v) is 5.40. The number of ether oxygens (including phenoxy) is 2. The third-order valence-electron chi connectivity index (χ3n) is 3.73. The highest BCUT2D eigenvalue weighted by molar-refractivity contribution is 5.86. The van der Waals surface area contributed by atoms with Gasteiger partial charge in [-0.15, -0.1) is 0 Å². The zero-order chi connectivity index (χ0) is 14.9. The van der Waals surface area contributed by atoms with E-state index in [0.29, 0.717) is 31.6 Å². The third-order valence-corrected chi connectivity index (χ3v) is 3.73. The van der Waals surface area contributed by atoms with Gasteiger partial charge in [-0.25, -0.2) is 4.79 Å². The molecule has 4 nitrogen and oxygen atoms in total. The lowest BCUT2D eigenvalue weighted by Gasteiger charge is -2.08. The summed E-state index contributed by atoms with van der Waals surface area (Å²) in [5.74, 6) is 1.20. The van der Waals surface area contributed by atoms with Crippen LogP contribution in [0.4, 0.5) is 0 Å². The Morgan fingerprint density at radius 1 is 1.10 bits per heavy atom. The van der Waals surface area contributed by atoms with Gasteiger partial charge in [-0.1, -0.05) is 6.08 Å². The number of aliphatic carboxylic acids is 1. The van der Waals surface area contributed by atoms with Crippen LogP contribution < -0.4 is 0 Å². The topological polar surface area (TPSA) is 55.8 Å². The van der Waals surface area contributed by atoms with Crippen molar-refractivity contribution in [2.45, 2.75) is 51.4 Å². The first kappa shape index (κ1) is 15.7. The maximum Gasteiger partial charge on any atom is 0.331 e. The summed E-state index contributed by atoms with van der Waals surface area (Å²) in [5, 5.41) is 9.19. The van der Waals surface area contributed by atoms with Crippen molar-refractivity contribution in [3.8, 4) is 0 Å². The molecule has 0 aromatic heterocycles. The predicted molar refractivity (Wildman–Crippen MR) is 80.7 cm³/mol. The molecule has 0 saturated carbocycles. The SMILES string of the molecule is O=C(O)C(=CCCOC1=CCCC1)CCOC1=CCCC1. The van der Waals surface area contributed by atoms with Gasteiger partial charge < -0.3 is 14.6 Å². The molecule has 0 fully saturated rings. The molecule has 0 saturated heterocycles. The molecule has 2 aliphatic carbocycles. The van der Waals surface area contributed by atoms with Crippen LogP contribution in [0.15, 0.2) is 35.3 Å². The van der Waals surface area contributed by atoms with Gasteiger partial charge in [0.2, 0.25) is 0 Å². The average Bonchev–Trinajstić information content (AvgIpc) is 3.14. The fourth-order valence-corrected chi connectivity index (χ4v) is 2.56. The molecule has 116 valence electrons. The maximum atomic E-state index is 11.2. The summed E-state index contributed by atoms with van der Waals surface area (Å²) < 4.78 is 11.2. The van der Waals surface area contributed by atoms with Crippen molar-refractivity contribution < 1.29 is 19.4 Å². The van der Waals surface area contributed by atoms with Gasteiger partial charge in [0.25, 0.3) is 0 Å². The molecule has 0 amide bonds. The molecule has 0 bridgehead atoms. The van der Waals surface area contributed by atoms with Gasteiger partial charge in [0.15, 0.2) is 0 Å². The molecule has 4 heteroatoms. The molecule has 0 radical (unpaired) electrons. The Balaban J connectivity index is 1.67. The van der Waals surface area contributed by atoms with Crippen molar-refractivity contribution in [2.75, 3.05) is 13.2 Å². The summed E-state index contributed by atoms with van der Waals surface area (Å²) in [6, 6.07) is 0. The Bertz CT molecular complexity index is 446. The molecule has 0 aliphatic heterocycles. The number of carboxylic acids is 1. The van der Waals surface area contributed by atoms with E-state index in [4.69, 9.17) is 9.47 Å². The smallest absolute Gasteiger partial charge is 0.331 e. The summed E-state index contributed by atoms with van der Waals surface area (Å²) in [6.07, 6.45) is 13.5. The van der Waals surface area contributed by atoms with E-state index in [2.05, 4.69) is 12.2 Å². The average molecular weight is 292 g/mol. The summed E-state index contributed by atoms with van der Waals surface area (Å²) in [5.41, 5.74) is 0.414. The first-order valence-corrected chi connectivity index (χ1v) is 7.81. The van der Waals surface area contributed by atoms with Crippen molar-refractivity contribution >= 4 is 5.97 Å². The number of rotatable bonds is 9. The minimum Gasteiger partial charge on any atom is -0.498 e. The van der Waals surface area contributed by atoms with Crippen LogP contribution in [0, 0.1) is 0 Å². The molecule has 0 spiro atoms. The van der Waals surface area contributed by atoms with E-state index >= 15 is 0 Å². The van der Waals surface area contributed by atoms with E-state index < -0.39 is 5.97 Å². The predicted octanol–water partition coefficient (Wildman–Crippen LogP) is 3.95. The van der Waals surface area contributed by atoms with E-state index in [-0.39, 0.29) is 0 Å². The zero-order valence-corrected chi connectivity index (χ0v) is 12.5. The van der Waals surface area contributed by atoms with Gasteiger partial charge in [-0.2, -0.15) is 0 Å². The van der Waals surface area contributed by atoms with Gasteiger partial charge in [0, 0.05) is 31.3 Å². The van der Waals surface area contributed by atoms with Gasteiger partial charge in [0.05, 0.1) is 24.7 Å². The lowest BCUT2D eigenvalue weighted by Crippen LogP contribution is -2.05. The highest BCUT2D eigenvalue weighted by atomic mass is 16.5. The Kier molecular flexibility index (Phi) is 6.38. The van der Waals surface area contributed by atoms with Gasteiger partial charge in [0.1, 0.15) is 0 Å². The lowest BCUT2D eigenvalue weighted by atomic mass is 10.1. The number of hydrogen-bond donors (Lipinski definition) is 1. The number of allylic oxidation sites excluding steroid dienone is 4. The highest BCUT2D eigenvalue weighted by Gasteiger charge is 2.10. The quantitative estimate of drug-likeness (QED) is 0.516. The molecule has 0 atom stereocenters. The molecule has 2 rings (SSSR count). The Hall–Kier alpha value is -1.71. The third kappa shape index (κ3) is 5.66. The van der Waals surface area contributed by atoms with Crippen LogP contribution in [-0.2, 0) is 14.3 Å². The van der Waals surface area contributed by atoms with Crippen molar-refractivity contribution in [3.63, 3.8) is 0 Å². The molecule has 0 aromatic carbocycles. The summed E-state index contributed by atoms with van der Waals surface area (Å²) in [7, 11) is 0. The first-order valence-electron chi connectivity index (χ1n) is 7.81. The van der Waals surface area contributed by atoms with E-state index in [9.17, 15) is 9.90 Å². The van der Waals surface area contributed by atoms with Gasteiger partial charge in [-0.05, 0) is 37.8 Å². The number of carbonyl (C=O) groups is 1. The van der Waals surface area contributed by atoms with Crippen molar-refractivity contribution in [1.29, 1.82) is 0 Å². The van der Waals surface area contributed by atoms with Crippen LogP contribution in [-0.4, -0.2) is 24.3 Å². The molecule has 1 N–H and O–H groups in total. The molecule has 0 unspecified atom stereocenters. The van der Waals surface area contributed by atoms with E-state index in [1.54, 1.807) is 6.08 Å². The second kappa shape index (κ2) is 8.55. The standard InChI is InChI=1S/C17H24O4/c18-17(19)14(11-13-21-16-9-3-4-10-16)6-5-12-20-15-7-1-2-8-15/h6-7,9H,1-5,8,10-13H2,(H,18,19). The minimum atomic E-state index is -0.862. The molecule has 2 aliphatic rings. The monoisotopic (exact) mass is 292 g/mol. The van der Waals surface area contributed by atoms with E-state index in [1.807, 2.05) is 0 Å². The first-order chi connectivity index (χ1) is 10.3. The molecule has 21 heavy (non-hydrogen) atoms. The Morgan fingerprint density at radius 2 is 1.71 bits per heavy atom. The van der Waals surface area contributed by atoms with Crippen LogP contribution in [0.25, 0.3) is 0 Å². The molecule has 0 aromatic rings. The normalized spacial score (nSPS) is 18.4. The van der Waals surface area contributed by atoms with E-state index in [0.717, 1.165) is 43.6 Å². The molecular formula is C17H24O4. The fourth-order valence-electron chi connectivity index (χ4n) is 2.56. The summed E-state index contributed by atoms with van der Waals surface area (Å²) in [4.78, 5) is 11.2. The zero-order valence-electron chi connectivity index (χ0n) is 12.5. The van der Waals surface area contributed by atoms with Crippen LogP contribution in [0.2, 0.25) is 0 Å². The van der Waals surface area contributed by atoms with Crippen molar-refractivity contribution in [1.82, 2.24) is 0 Å². The Labute approximate surface area is 126 Å².